The standard InChI is InChI=1S/C17H11ClFNO3S2/c18-11-4-2-5-12(19)10(11)8-23-13-6-1-3-9(15(13)21)7-14-16(22)20-17(24)25-14/h1-7,21H,8H2,(H,20,22,24)/b14-7-. The lowest BCUT2D eigenvalue weighted by atomic mass is 10.1. The fourth-order valence-corrected chi connectivity index (χ4v) is 3.41. The highest BCUT2D eigenvalue weighted by atomic mass is 35.5. The van der Waals surface area contributed by atoms with Crippen molar-refractivity contribution in [2.45, 2.75) is 6.61 Å². The number of para-hydroxylation sites is 1. The van der Waals surface area contributed by atoms with Gasteiger partial charge in [0.15, 0.2) is 11.5 Å². The van der Waals surface area contributed by atoms with Gasteiger partial charge in [-0.2, -0.15) is 0 Å². The minimum absolute atomic E-state index is 0.140. The second-order valence-electron chi connectivity index (χ2n) is 5.04. The number of amides is 1. The van der Waals surface area contributed by atoms with Crippen molar-refractivity contribution in [3.8, 4) is 11.5 Å². The zero-order valence-corrected chi connectivity index (χ0v) is 15.0. The monoisotopic (exact) mass is 395 g/mol. The van der Waals surface area contributed by atoms with E-state index >= 15 is 0 Å². The lowest BCUT2D eigenvalue weighted by Gasteiger charge is -2.11. The lowest BCUT2D eigenvalue weighted by Crippen LogP contribution is -2.17. The highest BCUT2D eigenvalue weighted by Gasteiger charge is 2.22. The quantitative estimate of drug-likeness (QED) is 0.598. The molecule has 1 fully saturated rings. The molecule has 1 saturated heterocycles. The van der Waals surface area contributed by atoms with Crippen molar-refractivity contribution >= 4 is 51.9 Å². The van der Waals surface area contributed by atoms with Gasteiger partial charge in [0, 0.05) is 11.1 Å². The highest BCUT2D eigenvalue weighted by molar-refractivity contribution is 8.26. The van der Waals surface area contributed by atoms with Crippen LogP contribution < -0.4 is 10.1 Å². The van der Waals surface area contributed by atoms with Crippen LogP contribution in [0.1, 0.15) is 11.1 Å². The van der Waals surface area contributed by atoms with E-state index in [1.54, 1.807) is 24.3 Å². The van der Waals surface area contributed by atoms with Crippen LogP contribution in [0, 0.1) is 5.82 Å². The smallest absolute Gasteiger partial charge is 0.263 e. The number of aromatic hydroxyl groups is 1. The molecule has 128 valence electrons. The first-order chi connectivity index (χ1) is 12.0. The van der Waals surface area contributed by atoms with E-state index in [-0.39, 0.29) is 34.6 Å². The van der Waals surface area contributed by atoms with Crippen molar-refractivity contribution in [2.24, 2.45) is 0 Å². The molecule has 0 radical (unpaired) electrons. The number of hydrogen-bond acceptors (Lipinski definition) is 5. The maximum absolute atomic E-state index is 13.8. The first-order valence-corrected chi connectivity index (χ1v) is 8.68. The van der Waals surface area contributed by atoms with Gasteiger partial charge in [0.1, 0.15) is 16.7 Å². The van der Waals surface area contributed by atoms with Crippen LogP contribution in [-0.4, -0.2) is 15.3 Å². The summed E-state index contributed by atoms with van der Waals surface area (Å²) in [6, 6.07) is 9.16. The molecule has 0 saturated carbocycles. The van der Waals surface area contributed by atoms with Gasteiger partial charge in [-0.3, -0.25) is 4.79 Å². The van der Waals surface area contributed by atoms with Crippen molar-refractivity contribution in [3.63, 3.8) is 0 Å². The number of ether oxygens (including phenoxy) is 1. The number of carbonyl (C=O) groups excluding carboxylic acids is 1. The third-order valence-corrected chi connectivity index (χ3v) is 4.91. The van der Waals surface area contributed by atoms with Crippen LogP contribution in [0.15, 0.2) is 41.3 Å². The second kappa shape index (κ2) is 7.43. The molecule has 1 amide bonds. The average Bonchev–Trinajstić information content (AvgIpc) is 2.87. The van der Waals surface area contributed by atoms with Gasteiger partial charge in [-0.1, -0.05) is 53.8 Å². The Balaban J connectivity index is 1.83. The van der Waals surface area contributed by atoms with Gasteiger partial charge in [0.25, 0.3) is 5.91 Å². The van der Waals surface area contributed by atoms with Crippen molar-refractivity contribution in [1.82, 2.24) is 5.32 Å². The Morgan fingerprint density at radius 3 is 2.76 bits per heavy atom. The number of hydrogen-bond donors (Lipinski definition) is 2. The Morgan fingerprint density at radius 2 is 2.08 bits per heavy atom. The summed E-state index contributed by atoms with van der Waals surface area (Å²) in [7, 11) is 0. The number of thiocarbonyl (C=S) groups is 1. The molecule has 1 aliphatic rings. The summed E-state index contributed by atoms with van der Waals surface area (Å²) in [6.07, 6.45) is 1.51. The molecular formula is C17H11ClFNO3S2. The third kappa shape index (κ3) is 3.95. The molecule has 1 heterocycles. The highest BCUT2D eigenvalue weighted by Crippen LogP contribution is 2.35. The number of rotatable bonds is 4. The van der Waals surface area contributed by atoms with Crippen LogP contribution in [0.25, 0.3) is 6.08 Å². The van der Waals surface area contributed by atoms with E-state index in [1.807, 2.05) is 0 Å². The van der Waals surface area contributed by atoms with Crippen molar-refractivity contribution in [1.29, 1.82) is 0 Å². The lowest BCUT2D eigenvalue weighted by molar-refractivity contribution is -0.115. The fraction of sp³-hybridized carbons (Fsp3) is 0.0588. The normalized spacial score (nSPS) is 15.5. The molecule has 0 aliphatic carbocycles. The molecule has 0 bridgehead atoms. The minimum Gasteiger partial charge on any atom is -0.504 e. The number of benzene rings is 2. The molecule has 0 spiro atoms. The number of carbonyl (C=O) groups is 1. The summed E-state index contributed by atoms with van der Waals surface area (Å²) in [4.78, 5) is 12.1. The molecular weight excluding hydrogens is 385 g/mol. The molecule has 4 nitrogen and oxygen atoms in total. The Labute approximate surface area is 157 Å². The first-order valence-electron chi connectivity index (χ1n) is 7.08. The summed E-state index contributed by atoms with van der Waals surface area (Å²) in [5.41, 5.74) is 0.586. The Bertz CT molecular complexity index is 881. The Hall–Kier alpha value is -2.09. The molecule has 0 unspecified atom stereocenters. The summed E-state index contributed by atoms with van der Waals surface area (Å²) in [6.45, 7) is -0.140. The van der Waals surface area contributed by atoms with Crippen LogP contribution in [-0.2, 0) is 11.4 Å². The zero-order valence-electron chi connectivity index (χ0n) is 12.6. The number of halogens is 2. The van der Waals surface area contributed by atoms with Crippen molar-refractivity contribution in [3.05, 3.63) is 63.3 Å². The Morgan fingerprint density at radius 1 is 1.32 bits per heavy atom. The van der Waals surface area contributed by atoms with E-state index in [2.05, 4.69) is 5.32 Å². The predicted molar refractivity (Wildman–Crippen MR) is 100 cm³/mol. The first kappa shape index (κ1) is 17.7. The van der Waals surface area contributed by atoms with Gasteiger partial charge in [0.05, 0.1) is 9.93 Å². The van der Waals surface area contributed by atoms with E-state index in [0.29, 0.717) is 14.8 Å². The summed E-state index contributed by atoms with van der Waals surface area (Å²) in [5.74, 6) is -0.815. The van der Waals surface area contributed by atoms with Crippen molar-refractivity contribution in [2.75, 3.05) is 0 Å². The Kier molecular flexibility index (Phi) is 5.27. The minimum atomic E-state index is -0.488. The average molecular weight is 396 g/mol. The SMILES string of the molecule is O=C1NC(=S)S/C1=C\c1cccc(OCc2c(F)cccc2Cl)c1O. The summed E-state index contributed by atoms with van der Waals surface area (Å²) < 4.78 is 19.6. The maximum atomic E-state index is 13.8. The fourth-order valence-electron chi connectivity index (χ4n) is 2.15. The molecule has 25 heavy (non-hydrogen) atoms. The molecule has 2 N–H and O–H groups in total. The molecule has 0 aromatic heterocycles. The largest absolute Gasteiger partial charge is 0.504 e. The van der Waals surface area contributed by atoms with E-state index < -0.39 is 5.82 Å². The van der Waals surface area contributed by atoms with Crippen molar-refractivity contribution < 1.29 is 19.0 Å². The molecule has 0 atom stereocenters. The maximum Gasteiger partial charge on any atom is 0.263 e. The van der Waals surface area contributed by atoms with Crippen LogP contribution in [0.2, 0.25) is 5.02 Å². The molecule has 8 heteroatoms. The van der Waals surface area contributed by atoms with Crippen LogP contribution in [0.3, 0.4) is 0 Å². The van der Waals surface area contributed by atoms with Gasteiger partial charge in [-0.05, 0) is 24.3 Å². The molecule has 2 aromatic carbocycles. The second-order valence-corrected chi connectivity index (χ2v) is 7.16. The third-order valence-electron chi connectivity index (χ3n) is 3.39. The van der Waals surface area contributed by atoms with Crippen LogP contribution in [0.4, 0.5) is 4.39 Å². The number of thioether (sulfide) groups is 1. The van der Waals surface area contributed by atoms with E-state index in [1.165, 1.54) is 18.2 Å². The van der Waals surface area contributed by atoms with Gasteiger partial charge in [-0.15, -0.1) is 0 Å². The van der Waals surface area contributed by atoms with Crippen LogP contribution in [0.5, 0.6) is 11.5 Å². The molecule has 3 rings (SSSR count). The predicted octanol–water partition coefficient (Wildman–Crippen LogP) is 4.25. The van der Waals surface area contributed by atoms with Gasteiger partial charge in [-0.25, -0.2) is 4.39 Å². The van der Waals surface area contributed by atoms with E-state index in [0.717, 1.165) is 11.8 Å². The number of nitrogens with one attached hydrogen (secondary N) is 1. The number of phenols is 1. The van der Waals surface area contributed by atoms with Gasteiger partial charge in [0.2, 0.25) is 0 Å². The zero-order chi connectivity index (χ0) is 18.0. The van der Waals surface area contributed by atoms with Gasteiger partial charge < -0.3 is 15.2 Å². The summed E-state index contributed by atoms with van der Waals surface area (Å²) in [5, 5.41) is 13.1. The van der Waals surface area contributed by atoms with Gasteiger partial charge >= 0.3 is 0 Å². The number of phenolic OH excluding ortho intramolecular Hbond substituents is 1. The summed E-state index contributed by atoms with van der Waals surface area (Å²) >= 11 is 12.0. The topological polar surface area (TPSA) is 58.6 Å². The van der Waals surface area contributed by atoms with E-state index in [9.17, 15) is 14.3 Å². The molecule has 2 aromatic rings. The van der Waals surface area contributed by atoms with E-state index in [4.69, 9.17) is 28.6 Å². The van der Waals surface area contributed by atoms with Crippen LogP contribution >= 0.6 is 35.6 Å². The molecule has 1 aliphatic heterocycles.